The second-order valence-electron chi connectivity index (χ2n) is 3.38. The summed E-state index contributed by atoms with van der Waals surface area (Å²) < 4.78 is 5.15. The molecule has 2 N–H and O–H groups in total. The molecule has 0 saturated carbocycles. The van der Waals surface area contributed by atoms with Crippen LogP contribution in [-0.2, 0) is 9.53 Å². The molecule has 1 heterocycles. The SMILES string of the molecule is CN(C)C(=O)[C@@H]1C[C@@H](O)[C@H](CO)O1. The summed E-state index contributed by atoms with van der Waals surface area (Å²) in [6.45, 7) is -0.252. The molecule has 0 aliphatic carbocycles. The van der Waals surface area contributed by atoms with E-state index >= 15 is 0 Å². The third kappa shape index (κ3) is 2.18. The van der Waals surface area contributed by atoms with E-state index in [2.05, 4.69) is 0 Å². The second-order valence-corrected chi connectivity index (χ2v) is 3.38. The van der Waals surface area contributed by atoms with Gasteiger partial charge in [-0.25, -0.2) is 0 Å². The van der Waals surface area contributed by atoms with Crippen molar-refractivity contribution in [1.29, 1.82) is 0 Å². The van der Waals surface area contributed by atoms with Crippen molar-refractivity contribution in [3.63, 3.8) is 0 Å². The maximum Gasteiger partial charge on any atom is 0.251 e. The molecular weight excluding hydrogens is 174 g/mol. The molecule has 0 spiro atoms. The number of hydrogen-bond acceptors (Lipinski definition) is 4. The van der Waals surface area contributed by atoms with E-state index < -0.39 is 18.3 Å². The molecule has 1 amide bonds. The summed E-state index contributed by atoms with van der Waals surface area (Å²) in [6.07, 6.45) is -1.70. The van der Waals surface area contributed by atoms with Crippen LogP contribution in [0.4, 0.5) is 0 Å². The van der Waals surface area contributed by atoms with Gasteiger partial charge in [-0.1, -0.05) is 0 Å². The monoisotopic (exact) mass is 189 g/mol. The molecule has 13 heavy (non-hydrogen) atoms. The lowest BCUT2D eigenvalue weighted by Crippen LogP contribution is -2.34. The molecule has 1 aliphatic heterocycles. The normalized spacial score (nSPS) is 33.4. The first-order valence-corrected chi connectivity index (χ1v) is 4.21. The summed E-state index contributed by atoms with van der Waals surface area (Å²) in [5, 5.41) is 18.1. The van der Waals surface area contributed by atoms with E-state index in [0.29, 0.717) is 0 Å². The van der Waals surface area contributed by atoms with Crippen LogP contribution in [0.15, 0.2) is 0 Å². The molecule has 1 saturated heterocycles. The number of aliphatic hydroxyl groups is 2. The zero-order valence-electron chi connectivity index (χ0n) is 7.80. The molecule has 5 heteroatoms. The zero-order chi connectivity index (χ0) is 10.0. The Balaban J connectivity index is 2.53. The van der Waals surface area contributed by atoms with Crippen molar-refractivity contribution in [2.24, 2.45) is 0 Å². The van der Waals surface area contributed by atoms with Crippen LogP contribution >= 0.6 is 0 Å². The molecule has 3 atom stereocenters. The second kappa shape index (κ2) is 4.04. The van der Waals surface area contributed by atoms with Gasteiger partial charge < -0.3 is 19.8 Å². The molecule has 0 unspecified atom stereocenters. The minimum Gasteiger partial charge on any atom is -0.394 e. The van der Waals surface area contributed by atoms with E-state index in [0.717, 1.165) is 0 Å². The lowest BCUT2D eigenvalue weighted by Gasteiger charge is -2.15. The summed E-state index contributed by atoms with van der Waals surface area (Å²) in [5.74, 6) is -0.171. The molecule has 0 radical (unpaired) electrons. The minimum atomic E-state index is -0.737. The van der Waals surface area contributed by atoms with Gasteiger partial charge in [-0.15, -0.1) is 0 Å². The Hall–Kier alpha value is -0.650. The highest BCUT2D eigenvalue weighted by Crippen LogP contribution is 2.21. The highest BCUT2D eigenvalue weighted by Gasteiger charge is 2.37. The highest BCUT2D eigenvalue weighted by molar-refractivity contribution is 5.80. The van der Waals surface area contributed by atoms with E-state index in [1.165, 1.54) is 4.90 Å². The van der Waals surface area contributed by atoms with Crippen LogP contribution in [-0.4, -0.2) is 60.0 Å². The summed E-state index contributed by atoms with van der Waals surface area (Å²) in [7, 11) is 3.26. The van der Waals surface area contributed by atoms with Gasteiger partial charge in [-0.2, -0.15) is 0 Å². The van der Waals surface area contributed by atoms with Crippen LogP contribution < -0.4 is 0 Å². The molecule has 1 rings (SSSR count). The van der Waals surface area contributed by atoms with E-state index in [1.54, 1.807) is 14.1 Å². The van der Waals surface area contributed by atoms with Gasteiger partial charge in [0.1, 0.15) is 12.2 Å². The van der Waals surface area contributed by atoms with Crippen LogP contribution in [0, 0.1) is 0 Å². The van der Waals surface area contributed by atoms with Crippen molar-refractivity contribution in [3.05, 3.63) is 0 Å². The van der Waals surface area contributed by atoms with Crippen LogP contribution in [0.2, 0.25) is 0 Å². The Morgan fingerprint density at radius 3 is 2.62 bits per heavy atom. The molecule has 0 aromatic carbocycles. The number of aliphatic hydroxyl groups excluding tert-OH is 2. The molecule has 0 aromatic rings. The van der Waals surface area contributed by atoms with Gasteiger partial charge in [0, 0.05) is 20.5 Å². The Labute approximate surface area is 76.9 Å². The largest absolute Gasteiger partial charge is 0.394 e. The first-order chi connectivity index (χ1) is 6.06. The highest BCUT2D eigenvalue weighted by atomic mass is 16.5. The molecule has 0 bridgehead atoms. The van der Waals surface area contributed by atoms with Gasteiger partial charge >= 0.3 is 0 Å². The molecule has 76 valence electrons. The predicted octanol–water partition coefficient (Wildman–Crippen LogP) is -1.41. The maximum atomic E-state index is 11.4. The average Bonchev–Trinajstić information content (AvgIpc) is 2.45. The molecular formula is C8H15NO4. The number of amides is 1. The summed E-state index contributed by atoms with van der Waals surface area (Å²) in [6, 6.07) is 0. The fourth-order valence-electron chi connectivity index (χ4n) is 1.34. The summed E-state index contributed by atoms with van der Waals surface area (Å²) in [5.41, 5.74) is 0. The van der Waals surface area contributed by atoms with E-state index in [4.69, 9.17) is 9.84 Å². The predicted molar refractivity (Wildman–Crippen MR) is 45.1 cm³/mol. The van der Waals surface area contributed by atoms with Crippen LogP contribution in [0.5, 0.6) is 0 Å². The van der Waals surface area contributed by atoms with Crippen LogP contribution in [0.3, 0.4) is 0 Å². The first-order valence-electron chi connectivity index (χ1n) is 4.21. The third-order valence-electron chi connectivity index (χ3n) is 2.12. The van der Waals surface area contributed by atoms with E-state index in [1.807, 2.05) is 0 Å². The quantitative estimate of drug-likeness (QED) is 0.559. The Kier molecular flexibility index (Phi) is 3.24. The third-order valence-corrected chi connectivity index (χ3v) is 2.12. The van der Waals surface area contributed by atoms with Crippen molar-refractivity contribution in [1.82, 2.24) is 4.90 Å². The van der Waals surface area contributed by atoms with Crippen LogP contribution in [0.25, 0.3) is 0 Å². The fraction of sp³-hybridized carbons (Fsp3) is 0.875. The Morgan fingerprint density at radius 1 is 1.62 bits per heavy atom. The summed E-state index contributed by atoms with van der Waals surface area (Å²) >= 11 is 0. The number of likely N-dealkylation sites (N-methyl/N-ethyl adjacent to an activating group) is 1. The molecule has 5 nitrogen and oxygen atoms in total. The van der Waals surface area contributed by atoms with Crippen molar-refractivity contribution in [2.45, 2.75) is 24.7 Å². The van der Waals surface area contributed by atoms with Crippen molar-refractivity contribution in [2.75, 3.05) is 20.7 Å². The van der Waals surface area contributed by atoms with E-state index in [9.17, 15) is 9.90 Å². The topological polar surface area (TPSA) is 70.0 Å². The number of carbonyl (C=O) groups is 1. The molecule has 1 aliphatic rings. The van der Waals surface area contributed by atoms with Gasteiger partial charge in [0.15, 0.2) is 0 Å². The minimum absolute atomic E-state index is 0.171. The Bertz CT molecular complexity index is 195. The number of rotatable bonds is 2. The number of ether oxygens (including phenoxy) is 1. The van der Waals surface area contributed by atoms with Crippen LogP contribution in [0.1, 0.15) is 6.42 Å². The van der Waals surface area contributed by atoms with Gasteiger partial charge in [-0.3, -0.25) is 4.79 Å². The Morgan fingerprint density at radius 2 is 2.23 bits per heavy atom. The standard InChI is InChI=1S/C8H15NO4/c1-9(2)8(12)6-3-5(11)7(4-10)13-6/h5-7,10-11H,3-4H2,1-2H3/t5-,6+,7+/m1/s1. The maximum absolute atomic E-state index is 11.4. The lowest BCUT2D eigenvalue weighted by atomic mass is 10.1. The summed E-state index contributed by atoms with van der Waals surface area (Å²) in [4.78, 5) is 12.8. The lowest BCUT2D eigenvalue weighted by molar-refractivity contribution is -0.141. The number of hydrogen-bond donors (Lipinski definition) is 2. The number of carbonyl (C=O) groups excluding carboxylic acids is 1. The van der Waals surface area contributed by atoms with Gasteiger partial charge in [0.2, 0.25) is 0 Å². The molecule has 1 fully saturated rings. The van der Waals surface area contributed by atoms with Gasteiger partial charge in [-0.05, 0) is 0 Å². The average molecular weight is 189 g/mol. The zero-order valence-corrected chi connectivity index (χ0v) is 7.80. The van der Waals surface area contributed by atoms with E-state index in [-0.39, 0.29) is 18.9 Å². The smallest absolute Gasteiger partial charge is 0.251 e. The molecule has 0 aromatic heterocycles. The van der Waals surface area contributed by atoms with Gasteiger partial charge in [0.25, 0.3) is 5.91 Å². The number of nitrogens with zero attached hydrogens (tertiary/aromatic N) is 1. The van der Waals surface area contributed by atoms with Crippen molar-refractivity contribution >= 4 is 5.91 Å². The van der Waals surface area contributed by atoms with Gasteiger partial charge in [0.05, 0.1) is 12.7 Å². The van der Waals surface area contributed by atoms with Crippen molar-refractivity contribution < 1.29 is 19.7 Å². The fourth-order valence-corrected chi connectivity index (χ4v) is 1.34. The van der Waals surface area contributed by atoms with Crippen molar-refractivity contribution in [3.8, 4) is 0 Å². The first kappa shape index (κ1) is 10.4.